The van der Waals surface area contributed by atoms with Crippen molar-refractivity contribution in [1.29, 1.82) is 0 Å². The quantitative estimate of drug-likeness (QED) is 0.796. The smallest absolute Gasteiger partial charge is 0.157 e. The minimum absolute atomic E-state index is 0.284. The lowest BCUT2D eigenvalue weighted by Crippen LogP contribution is -2.06. The van der Waals surface area contributed by atoms with Crippen LogP contribution in [0, 0.1) is 13.8 Å². The fraction of sp³-hybridized carbons (Fsp3) is 0.333. The number of rotatable bonds is 3. The van der Waals surface area contributed by atoms with E-state index in [1.54, 1.807) is 11.3 Å². The standard InChI is InChI=1S/C15H18N4S/c1-9-5-6-20-14(9)11(3)17-12-7-13-10(2)18-19(4)15(13)16-8-12/h5-8,11,17H,1-4H3. The molecule has 104 valence electrons. The second-order valence-electron chi connectivity index (χ2n) is 5.14. The fourth-order valence-electron chi connectivity index (χ4n) is 2.53. The molecule has 1 N–H and O–H groups in total. The van der Waals surface area contributed by atoms with Crippen LogP contribution >= 0.6 is 11.3 Å². The Bertz CT molecular complexity index is 756. The Labute approximate surface area is 122 Å². The van der Waals surface area contributed by atoms with Crippen molar-refractivity contribution < 1.29 is 0 Å². The lowest BCUT2D eigenvalue weighted by Gasteiger charge is -2.14. The number of anilines is 1. The van der Waals surface area contributed by atoms with Crippen molar-refractivity contribution in [3.63, 3.8) is 0 Å². The van der Waals surface area contributed by atoms with Gasteiger partial charge in [0, 0.05) is 17.3 Å². The van der Waals surface area contributed by atoms with E-state index in [0.717, 1.165) is 22.4 Å². The molecule has 3 rings (SSSR count). The highest BCUT2D eigenvalue weighted by Gasteiger charge is 2.12. The molecule has 3 aromatic heterocycles. The Kier molecular flexibility index (Phi) is 3.22. The second kappa shape index (κ2) is 4.90. The van der Waals surface area contributed by atoms with Gasteiger partial charge in [0.25, 0.3) is 0 Å². The Balaban J connectivity index is 1.91. The molecule has 0 saturated carbocycles. The van der Waals surface area contributed by atoms with Crippen LogP contribution in [0.1, 0.15) is 29.1 Å². The van der Waals surface area contributed by atoms with E-state index in [2.05, 4.69) is 46.8 Å². The lowest BCUT2D eigenvalue weighted by atomic mass is 10.2. The zero-order valence-corrected chi connectivity index (χ0v) is 13.0. The number of hydrogen-bond acceptors (Lipinski definition) is 4. The Morgan fingerprint density at radius 2 is 2.15 bits per heavy atom. The lowest BCUT2D eigenvalue weighted by molar-refractivity contribution is 0.774. The molecular weight excluding hydrogens is 268 g/mol. The molecule has 4 nitrogen and oxygen atoms in total. The molecule has 3 aromatic rings. The number of hydrogen-bond donors (Lipinski definition) is 1. The summed E-state index contributed by atoms with van der Waals surface area (Å²) in [7, 11) is 1.92. The molecule has 0 bridgehead atoms. The molecule has 1 atom stereocenters. The van der Waals surface area contributed by atoms with Gasteiger partial charge in [-0.1, -0.05) is 0 Å². The first-order valence-electron chi connectivity index (χ1n) is 6.66. The van der Waals surface area contributed by atoms with E-state index in [9.17, 15) is 0 Å². The number of aromatic nitrogens is 3. The van der Waals surface area contributed by atoms with Gasteiger partial charge < -0.3 is 5.32 Å². The predicted octanol–water partition coefficient (Wildman–Crippen LogP) is 3.82. The molecule has 0 aliphatic heterocycles. The summed E-state index contributed by atoms with van der Waals surface area (Å²) in [4.78, 5) is 5.87. The maximum atomic E-state index is 4.50. The van der Waals surface area contributed by atoms with Crippen LogP contribution in [0.15, 0.2) is 23.7 Å². The molecule has 0 radical (unpaired) electrons. The topological polar surface area (TPSA) is 42.7 Å². The number of thiophene rings is 1. The minimum Gasteiger partial charge on any atom is -0.376 e. The predicted molar refractivity (Wildman–Crippen MR) is 84.3 cm³/mol. The van der Waals surface area contributed by atoms with Gasteiger partial charge in [-0.25, -0.2) is 4.98 Å². The van der Waals surface area contributed by atoms with Gasteiger partial charge in [0.05, 0.1) is 23.6 Å². The zero-order chi connectivity index (χ0) is 14.3. The zero-order valence-electron chi connectivity index (χ0n) is 12.1. The van der Waals surface area contributed by atoms with E-state index in [1.165, 1.54) is 10.4 Å². The number of aryl methyl sites for hydroxylation is 3. The summed E-state index contributed by atoms with van der Waals surface area (Å²) >= 11 is 1.79. The van der Waals surface area contributed by atoms with E-state index in [4.69, 9.17) is 0 Å². The Morgan fingerprint density at radius 1 is 1.35 bits per heavy atom. The van der Waals surface area contributed by atoms with Crippen LogP contribution < -0.4 is 5.32 Å². The van der Waals surface area contributed by atoms with Gasteiger partial charge in [0.1, 0.15) is 0 Å². The molecule has 0 aliphatic rings. The van der Waals surface area contributed by atoms with Gasteiger partial charge in [0.2, 0.25) is 0 Å². The van der Waals surface area contributed by atoms with E-state index in [1.807, 2.05) is 24.9 Å². The fourth-order valence-corrected chi connectivity index (χ4v) is 3.47. The summed E-state index contributed by atoms with van der Waals surface area (Å²) in [5.74, 6) is 0. The van der Waals surface area contributed by atoms with Crippen molar-refractivity contribution in [3.8, 4) is 0 Å². The Morgan fingerprint density at radius 3 is 2.85 bits per heavy atom. The van der Waals surface area contributed by atoms with E-state index in [0.29, 0.717) is 0 Å². The number of nitrogens with one attached hydrogen (secondary N) is 1. The van der Waals surface area contributed by atoms with Crippen molar-refractivity contribution in [3.05, 3.63) is 39.8 Å². The molecule has 20 heavy (non-hydrogen) atoms. The summed E-state index contributed by atoms with van der Waals surface area (Å²) in [6, 6.07) is 4.57. The maximum absolute atomic E-state index is 4.50. The van der Waals surface area contributed by atoms with Crippen LogP contribution in [0.25, 0.3) is 11.0 Å². The average molecular weight is 286 g/mol. The summed E-state index contributed by atoms with van der Waals surface area (Å²) < 4.78 is 1.82. The first kappa shape index (κ1) is 13.1. The van der Waals surface area contributed by atoms with Crippen molar-refractivity contribution >= 4 is 28.1 Å². The van der Waals surface area contributed by atoms with E-state index >= 15 is 0 Å². The van der Waals surface area contributed by atoms with Crippen molar-refractivity contribution in [2.45, 2.75) is 26.8 Å². The first-order chi connectivity index (χ1) is 9.56. The van der Waals surface area contributed by atoms with E-state index in [-0.39, 0.29) is 6.04 Å². The van der Waals surface area contributed by atoms with Crippen molar-refractivity contribution in [2.24, 2.45) is 7.05 Å². The monoisotopic (exact) mass is 286 g/mol. The Hall–Kier alpha value is -1.88. The highest BCUT2D eigenvalue weighted by Crippen LogP contribution is 2.28. The van der Waals surface area contributed by atoms with Gasteiger partial charge in [-0.3, -0.25) is 4.68 Å². The van der Waals surface area contributed by atoms with Gasteiger partial charge >= 0.3 is 0 Å². The van der Waals surface area contributed by atoms with Crippen LogP contribution in [-0.4, -0.2) is 14.8 Å². The molecule has 0 amide bonds. The molecule has 5 heteroatoms. The third kappa shape index (κ3) is 2.18. The van der Waals surface area contributed by atoms with Crippen LogP contribution in [-0.2, 0) is 7.05 Å². The van der Waals surface area contributed by atoms with Crippen LogP contribution in [0.3, 0.4) is 0 Å². The summed E-state index contributed by atoms with van der Waals surface area (Å²) in [6.07, 6.45) is 1.88. The summed E-state index contributed by atoms with van der Waals surface area (Å²) in [6.45, 7) is 6.34. The van der Waals surface area contributed by atoms with Gasteiger partial charge in [-0.05, 0) is 43.8 Å². The van der Waals surface area contributed by atoms with Gasteiger partial charge in [0.15, 0.2) is 5.65 Å². The van der Waals surface area contributed by atoms with Crippen molar-refractivity contribution in [2.75, 3.05) is 5.32 Å². The van der Waals surface area contributed by atoms with E-state index < -0.39 is 0 Å². The first-order valence-corrected chi connectivity index (χ1v) is 7.54. The number of pyridine rings is 1. The SMILES string of the molecule is Cc1ccsc1C(C)Nc1cnc2c(c1)c(C)nn2C. The summed E-state index contributed by atoms with van der Waals surface area (Å²) in [5, 5.41) is 11.2. The molecular formula is C15H18N4S. The van der Waals surface area contributed by atoms with Crippen LogP contribution in [0.4, 0.5) is 5.69 Å². The summed E-state index contributed by atoms with van der Waals surface area (Å²) in [5.41, 5.74) is 4.31. The highest BCUT2D eigenvalue weighted by atomic mass is 32.1. The third-order valence-electron chi connectivity index (χ3n) is 3.54. The molecule has 3 heterocycles. The number of fused-ring (bicyclic) bond motifs is 1. The normalized spacial score (nSPS) is 12.8. The maximum Gasteiger partial charge on any atom is 0.157 e. The molecule has 0 spiro atoms. The van der Waals surface area contributed by atoms with Gasteiger partial charge in [-0.2, -0.15) is 5.10 Å². The van der Waals surface area contributed by atoms with Crippen LogP contribution in [0.5, 0.6) is 0 Å². The van der Waals surface area contributed by atoms with Crippen molar-refractivity contribution in [1.82, 2.24) is 14.8 Å². The molecule has 1 unspecified atom stereocenters. The highest BCUT2D eigenvalue weighted by molar-refractivity contribution is 7.10. The van der Waals surface area contributed by atoms with Crippen LogP contribution in [0.2, 0.25) is 0 Å². The molecule has 0 fully saturated rings. The molecule has 0 aliphatic carbocycles. The largest absolute Gasteiger partial charge is 0.376 e. The van der Waals surface area contributed by atoms with Gasteiger partial charge in [-0.15, -0.1) is 11.3 Å². The molecule has 0 aromatic carbocycles. The third-order valence-corrected chi connectivity index (χ3v) is 4.74. The average Bonchev–Trinajstić information content (AvgIpc) is 2.95. The molecule has 0 saturated heterocycles. The second-order valence-corrected chi connectivity index (χ2v) is 6.09. The minimum atomic E-state index is 0.284. The number of nitrogens with zero attached hydrogens (tertiary/aromatic N) is 3.